The van der Waals surface area contributed by atoms with Crippen molar-refractivity contribution in [2.45, 2.75) is 18.2 Å². The van der Waals surface area contributed by atoms with Crippen molar-refractivity contribution in [1.82, 2.24) is 19.3 Å². The van der Waals surface area contributed by atoms with Crippen LogP contribution >= 0.6 is 11.3 Å². The number of rotatable bonds is 7. The Labute approximate surface area is 177 Å². The van der Waals surface area contributed by atoms with Crippen LogP contribution in [0.4, 0.5) is 4.39 Å². The number of benzene rings is 2. The maximum absolute atomic E-state index is 14.0. The smallest absolute Gasteiger partial charge is 0.240 e. The molecule has 2 aromatic heterocycles. The summed E-state index contributed by atoms with van der Waals surface area (Å²) >= 11 is 1.37. The van der Waals surface area contributed by atoms with Crippen molar-refractivity contribution in [2.75, 3.05) is 13.7 Å². The van der Waals surface area contributed by atoms with E-state index >= 15 is 0 Å². The lowest BCUT2D eigenvalue weighted by Crippen LogP contribution is -2.27. The molecule has 0 aliphatic rings. The van der Waals surface area contributed by atoms with Crippen LogP contribution in [0.3, 0.4) is 0 Å². The number of nitrogens with zero attached hydrogens (tertiary/aromatic N) is 3. The molecule has 0 saturated carbocycles. The molecule has 0 aliphatic heterocycles. The fourth-order valence-corrected chi connectivity index (χ4v) is 5.21. The Morgan fingerprint density at radius 3 is 2.77 bits per heavy atom. The fourth-order valence-electron chi connectivity index (χ4n) is 3.09. The van der Waals surface area contributed by atoms with Crippen LogP contribution in [0.2, 0.25) is 0 Å². The molecular formula is C20H19FN4O3S2. The fraction of sp³-hybridized carbons (Fsp3) is 0.200. The van der Waals surface area contributed by atoms with Gasteiger partial charge < -0.3 is 4.74 Å². The van der Waals surface area contributed by atoms with Gasteiger partial charge in [0, 0.05) is 18.3 Å². The van der Waals surface area contributed by atoms with Crippen LogP contribution in [0.1, 0.15) is 11.3 Å². The summed E-state index contributed by atoms with van der Waals surface area (Å²) in [5, 5.41) is 6.26. The normalized spacial score (nSPS) is 11.8. The van der Waals surface area contributed by atoms with Crippen molar-refractivity contribution in [3.05, 3.63) is 64.9 Å². The first kappa shape index (κ1) is 20.5. The largest absolute Gasteiger partial charge is 0.497 e. The minimum absolute atomic E-state index is 0.189. The molecule has 0 amide bonds. The molecule has 0 fully saturated rings. The van der Waals surface area contributed by atoms with E-state index in [9.17, 15) is 12.8 Å². The maximum atomic E-state index is 14.0. The monoisotopic (exact) mass is 446 g/mol. The van der Waals surface area contributed by atoms with E-state index in [-0.39, 0.29) is 17.3 Å². The summed E-state index contributed by atoms with van der Waals surface area (Å²) in [7, 11) is -2.13. The van der Waals surface area contributed by atoms with E-state index in [0.717, 1.165) is 5.69 Å². The maximum Gasteiger partial charge on any atom is 0.240 e. The Morgan fingerprint density at radius 2 is 2.03 bits per heavy atom. The van der Waals surface area contributed by atoms with Crippen molar-refractivity contribution < 1.29 is 17.5 Å². The second-order valence-corrected chi connectivity index (χ2v) is 9.19. The van der Waals surface area contributed by atoms with E-state index in [2.05, 4.69) is 14.8 Å². The van der Waals surface area contributed by atoms with Gasteiger partial charge in [0.05, 0.1) is 23.3 Å². The Bertz CT molecular complexity index is 1310. The molecule has 156 valence electrons. The second kappa shape index (κ2) is 8.13. The van der Waals surface area contributed by atoms with Gasteiger partial charge in [0.2, 0.25) is 15.0 Å². The zero-order valence-electron chi connectivity index (χ0n) is 16.3. The number of hydrogen-bond donors (Lipinski definition) is 1. The predicted molar refractivity (Wildman–Crippen MR) is 113 cm³/mol. The Kier molecular flexibility index (Phi) is 5.54. The van der Waals surface area contributed by atoms with Crippen molar-refractivity contribution in [3.63, 3.8) is 0 Å². The molecule has 4 aromatic rings. The van der Waals surface area contributed by atoms with Crippen molar-refractivity contribution >= 4 is 26.3 Å². The van der Waals surface area contributed by atoms with Gasteiger partial charge in [-0.05, 0) is 42.8 Å². The summed E-state index contributed by atoms with van der Waals surface area (Å²) in [4.78, 5) is 5.21. The first-order valence-electron chi connectivity index (χ1n) is 9.11. The summed E-state index contributed by atoms with van der Waals surface area (Å²) in [5.74, 6) is 0.513. The highest BCUT2D eigenvalue weighted by atomic mass is 32.2. The highest BCUT2D eigenvalue weighted by molar-refractivity contribution is 7.89. The second-order valence-electron chi connectivity index (χ2n) is 6.62. The third-order valence-corrected chi connectivity index (χ3v) is 7.10. The number of sulfonamides is 1. The minimum Gasteiger partial charge on any atom is -0.497 e. The molecule has 7 nitrogen and oxygen atoms in total. The summed E-state index contributed by atoms with van der Waals surface area (Å²) < 4.78 is 48.7. The Morgan fingerprint density at radius 1 is 1.23 bits per heavy atom. The van der Waals surface area contributed by atoms with Gasteiger partial charge in [0.25, 0.3) is 0 Å². The van der Waals surface area contributed by atoms with Crippen molar-refractivity contribution in [1.29, 1.82) is 0 Å². The van der Waals surface area contributed by atoms with Crippen LogP contribution in [-0.2, 0) is 16.4 Å². The lowest BCUT2D eigenvalue weighted by molar-refractivity contribution is 0.414. The Hall–Kier alpha value is -2.82. The number of hydrogen-bond acceptors (Lipinski definition) is 6. The first-order chi connectivity index (χ1) is 14.4. The number of methoxy groups -OCH3 is 1. The van der Waals surface area contributed by atoms with E-state index in [1.165, 1.54) is 30.6 Å². The van der Waals surface area contributed by atoms with Crippen molar-refractivity contribution in [2.24, 2.45) is 0 Å². The van der Waals surface area contributed by atoms with E-state index in [4.69, 9.17) is 4.74 Å². The van der Waals surface area contributed by atoms with Gasteiger partial charge in [0.15, 0.2) is 5.82 Å². The number of ether oxygens (including phenoxy) is 1. The summed E-state index contributed by atoms with van der Waals surface area (Å²) in [6, 6.07) is 11.1. The first-order valence-corrected chi connectivity index (χ1v) is 11.5. The van der Waals surface area contributed by atoms with Crippen LogP contribution < -0.4 is 9.46 Å². The summed E-state index contributed by atoms with van der Waals surface area (Å²) in [6.07, 6.45) is 0.411. The number of halogens is 1. The molecular weight excluding hydrogens is 427 g/mol. The van der Waals surface area contributed by atoms with Gasteiger partial charge in [-0.1, -0.05) is 12.1 Å². The molecule has 0 bridgehead atoms. The van der Waals surface area contributed by atoms with E-state index in [0.29, 0.717) is 34.1 Å². The highest BCUT2D eigenvalue weighted by Crippen LogP contribution is 2.24. The van der Waals surface area contributed by atoms with Crippen molar-refractivity contribution in [3.8, 4) is 17.1 Å². The molecule has 0 unspecified atom stereocenters. The SMILES string of the molecule is COc1ccc(S(=O)(=O)NCCc2csc3nc(-c4ccccc4F)nn23)c(C)c1. The Balaban J connectivity index is 1.50. The van der Waals surface area contributed by atoms with Gasteiger partial charge in [-0.25, -0.2) is 22.0 Å². The topological polar surface area (TPSA) is 85.6 Å². The highest BCUT2D eigenvalue weighted by Gasteiger charge is 2.18. The minimum atomic E-state index is -3.66. The zero-order valence-corrected chi connectivity index (χ0v) is 17.9. The quantitative estimate of drug-likeness (QED) is 0.470. The molecule has 0 spiro atoms. The number of nitrogens with one attached hydrogen (secondary N) is 1. The average Bonchev–Trinajstić information content (AvgIpc) is 3.29. The zero-order chi connectivity index (χ0) is 21.3. The standard InChI is InChI=1S/C20H19FN4O3S2/c1-13-11-15(28-2)7-8-18(13)30(26,27)22-10-9-14-12-29-20-23-19(24-25(14)20)16-5-3-4-6-17(16)21/h3-8,11-12,22H,9-10H2,1-2H3. The van der Waals surface area contributed by atoms with Gasteiger partial charge in [-0.2, -0.15) is 4.98 Å². The van der Waals surface area contributed by atoms with E-state index in [1.807, 2.05) is 5.38 Å². The molecule has 2 aromatic carbocycles. The van der Waals surface area contributed by atoms with Crippen LogP contribution in [0.25, 0.3) is 16.3 Å². The molecule has 30 heavy (non-hydrogen) atoms. The predicted octanol–water partition coefficient (Wildman–Crippen LogP) is 3.43. The summed E-state index contributed by atoms with van der Waals surface area (Å²) in [6.45, 7) is 1.91. The number of aromatic nitrogens is 3. The number of fused-ring (bicyclic) bond motifs is 1. The summed E-state index contributed by atoms with van der Waals surface area (Å²) in [5.41, 5.74) is 1.72. The van der Waals surface area contributed by atoms with Gasteiger partial charge in [0.1, 0.15) is 11.6 Å². The van der Waals surface area contributed by atoms with E-state index in [1.54, 1.807) is 41.8 Å². The third-order valence-electron chi connectivity index (χ3n) is 4.61. The van der Waals surface area contributed by atoms with Crippen LogP contribution in [0, 0.1) is 12.7 Å². The molecule has 10 heteroatoms. The lowest BCUT2D eigenvalue weighted by Gasteiger charge is -2.10. The van der Waals surface area contributed by atoms with Crippen LogP contribution in [-0.4, -0.2) is 36.7 Å². The molecule has 1 N–H and O–H groups in total. The van der Waals surface area contributed by atoms with Gasteiger partial charge >= 0.3 is 0 Å². The molecule has 0 atom stereocenters. The molecule has 0 radical (unpaired) electrons. The molecule has 4 rings (SSSR count). The van der Waals surface area contributed by atoms with E-state index < -0.39 is 10.0 Å². The number of aryl methyl sites for hydroxylation is 1. The van der Waals surface area contributed by atoms with Gasteiger partial charge in [-0.15, -0.1) is 16.4 Å². The van der Waals surface area contributed by atoms with Crippen LogP contribution in [0.15, 0.2) is 52.7 Å². The molecule has 0 aliphatic carbocycles. The lowest BCUT2D eigenvalue weighted by atomic mass is 10.2. The molecule has 2 heterocycles. The van der Waals surface area contributed by atoms with Gasteiger partial charge in [-0.3, -0.25) is 0 Å². The molecule has 0 saturated heterocycles. The van der Waals surface area contributed by atoms with Crippen LogP contribution in [0.5, 0.6) is 5.75 Å². The average molecular weight is 447 g/mol. The third kappa shape index (κ3) is 3.93. The number of thiazole rings is 1.